The van der Waals surface area contributed by atoms with Crippen molar-refractivity contribution in [1.29, 1.82) is 0 Å². The lowest BCUT2D eigenvalue weighted by molar-refractivity contribution is -0.151. The molecule has 0 aromatic heterocycles. The average Bonchev–Trinajstić information content (AvgIpc) is 2.66. The molecule has 0 aromatic carbocycles. The maximum atomic E-state index is 11.4. The van der Waals surface area contributed by atoms with E-state index in [9.17, 15) is 9.59 Å². The van der Waals surface area contributed by atoms with E-state index in [0.717, 1.165) is 12.6 Å². The molecule has 0 aromatic rings. The lowest BCUT2D eigenvalue weighted by Gasteiger charge is -2.20. The van der Waals surface area contributed by atoms with Crippen LogP contribution in [-0.2, 0) is 14.3 Å². The Balaban J connectivity index is 2.64. The fourth-order valence-corrected chi connectivity index (χ4v) is 1.64. The van der Waals surface area contributed by atoms with Crippen LogP contribution in [0.4, 0.5) is 0 Å². The molecule has 0 spiro atoms. The van der Waals surface area contributed by atoms with E-state index in [-0.39, 0.29) is 0 Å². The van der Waals surface area contributed by atoms with Gasteiger partial charge in [-0.15, -0.1) is 0 Å². The Bertz CT molecular complexity index is 277. The first kappa shape index (κ1) is 11.5. The molecule has 6 nitrogen and oxygen atoms in total. The molecule has 0 bridgehead atoms. The molecular formula is C9H14N2O4. The van der Waals surface area contributed by atoms with E-state index < -0.39 is 17.9 Å². The molecule has 0 unspecified atom stereocenters. The van der Waals surface area contributed by atoms with Gasteiger partial charge in [0, 0.05) is 6.54 Å². The third-order valence-electron chi connectivity index (χ3n) is 2.26. The van der Waals surface area contributed by atoms with Crippen LogP contribution in [0.1, 0.15) is 19.8 Å². The molecule has 1 atom stereocenters. The Kier molecular flexibility index (Phi) is 4.08. The van der Waals surface area contributed by atoms with Crippen LogP contribution in [0.2, 0.25) is 0 Å². The quantitative estimate of drug-likeness (QED) is 0.310. The predicted octanol–water partition coefficient (Wildman–Crippen LogP) is 0.000500. The van der Waals surface area contributed by atoms with Gasteiger partial charge in [0.25, 0.3) is 5.91 Å². The molecule has 0 saturated carbocycles. The van der Waals surface area contributed by atoms with Gasteiger partial charge in [0.2, 0.25) is 0 Å². The number of amides is 1. The van der Waals surface area contributed by atoms with Gasteiger partial charge in [-0.2, -0.15) is 0 Å². The summed E-state index contributed by atoms with van der Waals surface area (Å²) in [5.74, 6) is -0.859. The first-order valence-corrected chi connectivity index (χ1v) is 4.85. The Hall–Kier alpha value is -1.59. The molecule has 1 fully saturated rings. The molecule has 6 heteroatoms. The molecular weight excluding hydrogens is 200 g/mol. The zero-order valence-electron chi connectivity index (χ0n) is 8.55. The van der Waals surface area contributed by atoms with Gasteiger partial charge >= 0.3 is 5.97 Å². The smallest absolute Gasteiger partial charge is 0.328 e. The van der Waals surface area contributed by atoms with Crippen molar-refractivity contribution in [3.63, 3.8) is 0 Å². The zero-order valence-corrected chi connectivity index (χ0v) is 8.55. The number of carbonyl (C=O) groups excluding carboxylic acids is 2. The van der Waals surface area contributed by atoms with Gasteiger partial charge in [-0.1, -0.05) is 5.16 Å². The van der Waals surface area contributed by atoms with Crippen LogP contribution >= 0.6 is 0 Å². The topological polar surface area (TPSA) is 79.2 Å². The van der Waals surface area contributed by atoms with E-state index in [1.165, 1.54) is 4.90 Å². The third kappa shape index (κ3) is 2.68. The average molecular weight is 214 g/mol. The van der Waals surface area contributed by atoms with Crippen LogP contribution in [0.25, 0.3) is 0 Å². The highest BCUT2D eigenvalue weighted by Crippen LogP contribution is 2.18. The number of ether oxygens (including phenoxy) is 1. The van der Waals surface area contributed by atoms with Crippen LogP contribution in [0, 0.1) is 0 Å². The minimum absolute atomic E-state index is 0.297. The van der Waals surface area contributed by atoms with E-state index in [1.54, 1.807) is 6.92 Å². The Labute approximate surface area is 87.5 Å². The summed E-state index contributed by atoms with van der Waals surface area (Å²) in [5, 5.41) is 10.9. The molecule has 0 aliphatic carbocycles. The summed E-state index contributed by atoms with van der Waals surface area (Å²) in [6.45, 7) is 2.51. The summed E-state index contributed by atoms with van der Waals surface area (Å²) in [5.41, 5.74) is 0. The molecule has 1 heterocycles. The molecule has 15 heavy (non-hydrogen) atoms. The van der Waals surface area contributed by atoms with E-state index in [4.69, 9.17) is 9.94 Å². The van der Waals surface area contributed by atoms with Gasteiger partial charge in [0.15, 0.2) is 0 Å². The van der Waals surface area contributed by atoms with Crippen molar-refractivity contribution < 1.29 is 19.5 Å². The molecule has 0 radical (unpaired) electrons. The number of rotatable bonds is 3. The Morgan fingerprint density at radius 3 is 3.00 bits per heavy atom. The van der Waals surface area contributed by atoms with Crippen LogP contribution in [-0.4, -0.2) is 47.4 Å². The SMILES string of the molecule is CCOC(=O)[C@@H]1CCCN1C(=O)/C=N/O. The minimum atomic E-state index is -0.532. The number of hydrogen-bond donors (Lipinski definition) is 1. The third-order valence-corrected chi connectivity index (χ3v) is 2.26. The molecule has 1 rings (SSSR count). The summed E-state index contributed by atoms with van der Waals surface area (Å²) in [4.78, 5) is 24.2. The van der Waals surface area contributed by atoms with Gasteiger partial charge in [-0.25, -0.2) is 4.79 Å². The normalized spacial score (nSPS) is 20.9. The largest absolute Gasteiger partial charge is 0.464 e. The molecule has 1 saturated heterocycles. The highest BCUT2D eigenvalue weighted by Gasteiger charge is 2.34. The molecule has 1 N–H and O–H groups in total. The van der Waals surface area contributed by atoms with Crippen molar-refractivity contribution in [2.75, 3.05) is 13.2 Å². The van der Waals surface area contributed by atoms with Gasteiger partial charge in [-0.3, -0.25) is 4.79 Å². The first-order chi connectivity index (χ1) is 7.20. The van der Waals surface area contributed by atoms with Crippen molar-refractivity contribution in [3.8, 4) is 0 Å². The summed E-state index contributed by atoms with van der Waals surface area (Å²) in [6.07, 6.45) is 2.15. The van der Waals surface area contributed by atoms with Gasteiger partial charge < -0.3 is 14.8 Å². The maximum absolute atomic E-state index is 11.4. The number of nitrogens with zero attached hydrogens (tertiary/aromatic N) is 2. The number of oxime groups is 1. The van der Waals surface area contributed by atoms with Crippen molar-refractivity contribution in [3.05, 3.63) is 0 Å². The lowest BCUT2D eigenvalue weighted by Crippen LogP contribution is -2.41. The first-order valence-electron chi connectivity index (χ1n) is 4.85. The second-order valence-electron chi connectivity index (χ2n) is 3.19. The number of likely N-dealkylation sites (tertiary alicyclic amines) is 1. The second kappa shape index (κ2) is 5.33. The summed E-state index contributed by atoms with van der Waals surface area (Å²) < 4.78 is 4.84. The fraction of sp³-hybridized carbons (Fsp3) is 0.667. The van der Waals surface area contributed by atoms with Crippen LogP contribution in [0.15, 0.2) is 5.16 Å². The van der Waals surface area contributed by atoms with Crippen LogP contribution in [0.3, 0.4) is 0 Å². The van der Waals surface area contributed by atoms with Gasteiger partial charge in [0.1, 0.15) is 12.3 Å². The fourth-order valence-electron chi connectivity index (χ4n) is 1.64. The van der Waals surface area contributed by atoms with Gasteiger partial charge in [-0.05, 0) is 19.8 Å². The minimum Gasteiger partial charge on any atom is -0.464 e. The Morgan fingerprint density at radius 1 is 1.67 bits per heavy atom. The molecule has 84 valence electrons. The van der Waals surface area contributed by atoms with Crippen molar-refractivity contribution >= 4 is 18.1 Å². The van der Waals surface area contributed by atoms with Crippen LogP contribution < -0.4 is 0 Å². The van der Waals surface area contributed by atoms with E-state index in [2.05, 4.69) is 5.16 Å². The van der Waals surface area contributed by atoms with Crippen molar-refractivity contribution in [2.24, 2.45) is 5.16 Å². The molecule has 1 amide bonds. The second-order valence-corrected chi connectivity index (χ2v) is 3.19. The van der Waals surface area contributed by atoms with Crippen LogP contribution in [0.5, 0.6) is 0 Å². The highest BCUT2D eigenvalue weighted by molar-refractivity contribution is 6.26. The molecule has 1 aliphatic rings. The predicted molar refractivity (Wildman–Crippen MR) is 51.6 cm³/mol. The number of hydrogen-bond acceptors (Lipinski definition) is 5. The van der Waals surface area contributed by atoms with Gasteiger partial charge in [0.05, 0.1) is 6.61 Å². The summed E-state index contributed by atoms with van der Waals surface area (Å²) >= 11 is 0. The standard InChI is InChI=1S/C9H14N2O4/c1-2-15-9(13)7-4-3-5-11(7)8(12)6-10-14/h6-7,14H,2-5H2,1H3/b10-6+/t7-/m0/s1. The van der Waals surface area contributed by atoms with Crippen molar-refractivity contribution in [2.45, 2.75) is 25.8 Å². The monoisotopic (exact) mass is 214 g/mol. The van der Waals surface area contributed by atoms with E-state index >= 15 is 0 Å². The van der Waals surface area contributed by atoms with E-state index in [0.29, 0.717) is 19.6 Å². The number of carbonyl (C=O) groups is 2. The summed E-state index contributed by atoms with van der Waals surface area (Å²) in [6, 6.07) is -0.532. The number of esters is 1. The maximum Gasteiger partial charge on any atom is 0.328 e. The van der Waals surface area contributed by atoms with E-state index in [1.807, 2.05) is 0 Å². The summed E-state index contributed by atoms with van der Waals surface area (Å²) in [7, 11) is 0. The molecule has 1 aliphatic heterocycles. The zero-order chi connectivity index (χ0) is 11.3. The van der Waals surface area contributed by atoms with Crippen molar-refractivity contribution in [1.82, 2.24) is 4.90 Å². The highest BCUT2D eigenvalue weighted by atomic mass is 16.5. The Morgan fingerprint density at radius 2 is 2.40 bits per heavy atom. The lowest BCUT2D eigenvalue weighted by atomic mass is 10.2.